The maximum Gasteiger partial charge on any atom is 0.411 e. The fourth-order valence-corrected chi connectivity index (χ4v) is 15.9. The number of Topliss-reactive ketones (excluding diaryl/α,β-unsaturated/α-hetero) is 3. The zero-order valence-corrected chi connectivity index (χ0v) is 68.6. The molecule has 0 radical (unpaired) electrons. The third-order valence-electron chi connectivity index (χ3n) is 21.8. The Kier molecular flexibility index (Phi) is 39.2. The Bertz CT molecular complexity index is 3390. The van der Waals surface area contributed by atoms with E-state index in [9.17, 15) is 62.6 Å². The largest absolute Gasteiger partial charge is 0.431 e. The van der Waals surface area contributed by atoms with Crippen LogP contribution in [-0.2, 0) is 63.8 Å². The number of aliphatic hydroxyl groups is 1. The summed E-state index contributed by atoms with van der Waals surface area (Å²) < 4.78 is 17.7. The number of ether oxygens (including phenoxy) is 2. The summed E-state index contributed by atoms with van der Waals surface area (Å²) in [6.07, 6.45) is 6.03. The number of imide groups is 1. The second-order valence-corrected chi connectivity index (χ2v) is 31.6. The maximum atomic E-state index is 14.5. The summed E-state index contributed by atoms with van der Waals surface area (Å²) in [6.45, 7) is 23.7. The second kappa shape index (κ2) is 46.6. The lowest BCUT2D eigenvalue weighted by Gasteiger charge is -2.40. The number of urea groups is 1. The molecule has 1 unspecified atom stereocenters. The first-order chi connectivity index (χ1) is 52.3. The number of carbonyl (C=O) groups excluding carboxylic acids is 12. The Hall–Kier alpha value is -8.01. The van der Waals surface area contributed by atoms with Crippen LogP contribution in [0.1, 0.15) is 209 Å². The van der Waals surface area contributed by atoms with Crippen LogP contribution in [-0.4, -0.2) is 221 Å². The van der Waals surface area contributed by atoms with Crippen LogP contribution in [0.5, 0.6) is 0 Å². The van der Waals surface area contributed by atoms with Crippen molar-refractivity contribution in [1.82, 2.24) is 45.0 Å². The lowest BCUT2D eigenvalue weighted by Crippen LogP contribution is -2.53. The van der Waals surface area contributed by atoms with Crippen molar-refractivity contribution in [3.05, 3.63) is 82.3 Å². The van der Waals surface area contributed by atoms with Gasteiger partial charge in [-0.1, -0.05) is 132 Å². The number of hydrogen-bond donors (Lipinski definition) is 5. The molecule has 608 valence electrons. The van der Waals surface area contributed by atoms with E-state index in [2.05, 4.69) is 51.8 Å². The Morgan fingerprint density at radius 3 is 1.98 bits per heavy atom. The molecule has 27 heteroatoms. The van der Waals surface area contributed by atoms with Gasteiger partial charge in [0, 0.05) is 179 Å². The van der Waals surface area contributed by atoms with Crippen molar-refractivity contribution >= 4 is 87.8 Å². The number of nitrogens with zero attached hydrogens (tertiary/aromatic N) is 7. The van der Waals surface area contributed by atoms with Gasteiger partial charge in [-0.05, 0) is 99.8 Å². The zero-order chi connectivity index (χ0) is 82.1. The quantitative estimate of drug-likeness (QED) is 0.0260. The molecule has 0 saturated carbocycles. The Morgan fingerprint density at radius 2 is 1.43 bits per heavy atom. The third kappa shape index (κ3) is 28.1. The van der Waals surface area contributed by atoms with Crippen molar-refractivity contribution in [2.24, 2.45) is 53.1 Å². The highest BCUT2D eigenvalue weighted by Gasteiger charge is 2.43. The Balaban J connectivity index is 0.000000679. The van der Waals surface area contributed by atoms with Gasteiger partial charge in [-0.15, -0.1) is 11.3 Å². The molecule has 3 aliphatic rings. The van der Waals surface area contributed by atoms with E-state index in [1.54, 1.807) is 86.5 Å². The smallest absolute Gasteiger partial charge is 0.411 e. The van der Waals surface area contributed by atoms with Crippen molar-refractivity contribution in [1.29, 1.82) is 0 Å². The van der Waals surface area contributed by atoms with Crippen LogP contribution >= 0.6 is 11.3 Å². The van der Waals surface area contributed by atoms with Crippen LogP contribution < -0.4 is 21.7 Å². The lowest BCUT2D eigenvalue weighted by molar-refractivity contribution is -0.146. The minimum Gasteiger partial charge on any atom is -0.431 e. The molecule has 26 nitrogen and oxygen atoms in total. The SMILES string of the molecule is CC(=O)N1CCC[C@H]1[C@H](CO)[C@@H](C)C(=O)C[C@@H](Cc1ccccc1)c1nccs1.CC[C@H](C)[C@@H]([C@@H](CC)OC)N(C)C(=O)[C@@H](CC(=O)[C@H](C(C)C)N(C)C(=O)OC(C(=O)N1CCN(C)CC1)c1ccc(NC(=O)[C@H](CCCNC(N)=O)CC(=O)[C@@H](NC(=O)CCCCCN2C(=O)CCC2=O)C(C)C)cc1)C(C)C.[3H]C. The average molecular weight is 1540 g/mol. The average Bonchev–Trinajstić information content (AvgIpc) is 1.36. The molecule has 6 N–H and O–H groups in total. The number of benzene rings is 2. The highest BCUT2D eigenvalue weighted by molar-refractivity contribution is 7.09. The molecular formula is C82H129N11O15S. The summed E-state index contributed by atoms with van der Waals surface area (Å²) >= 11 is 1.58. The minimum atomic E-state index is -1.44. The van der Waals surface area contributed by atoms with Gasteiger partial charge in [-0.2, -0.15) is 0 Å². The number of nitrogens with two attached hydrogens (primary N) is 1. The number of aromatic nitrogens is 1. The predicted octanol–water partition coefficient (Wildman–Crippen LogP) is 10.3. The van der Waals surface area contributed by atoms with E-state index < -0.39 is 59.9 Å². The van der Waals surface area contributed by atoms with E-state index in [0.717, 1.165) is 30.7 Å². The second-order valence-electron chi connectivity index (χ2n) is 30.7. The summed E-state index contributed by atoms with van der Waals surface area (Å²) in [5.74, 6) is -5.23. The first-order valence-corrected chi connectivity index (χ1v) is 39.8. The van der Waals surface area contributed by atoms with Crippen molar-refractivity contribution in [2.45, 2.75) is 229 Å². The number of nitrogens with one attached hydrogen (secondary N) is 3. The number of likely N-dealkylation sites (N-methyl/N-ethyl adjacent to an activating group) is 3. The molecule has 3 saturated heterocycles. The van der Waals surface area contributed by atoms with Crippen LogP contribution in [0.3, 0.4) is 0 Å². The number of ketones is 3. The van der Waals surface area contributed by atoms with E-state index in [0.29, 0.717) is 89.0 Å². The maximum absolute atomic E-state index is 14.5. The van der Waals surface area contributed by atoms with Gasteiger partial charge in [0.1, 0.15) is 5.78 Å². The van der Waals surface area contributed by atoms with E-state index in [4.69, 9.17) is 16.6 Å². The van der Waals surface area contributed by atoms with Gasteiger partial charge < -0.3 is 60.8 Å². The topological polar surface area (TPSA) is 338 Å². The normalized spacial score (nSPS) is 17.7. The summed E-state index contributed by atoms with van der Waals surface area (Å²) in [6, 6.07) is 13.5. The van der Waals surface area contributed by atoms with Crippen molar-refractivity contribution in [3.8, 4) is 0 Å². The molecule has 3 aromatic rings. The molecule has 0 spiro atoms. The monoisotopic (exact) mass is 1540 g/mol. The van der Waals surface area contributed by atoms with Gasteiger partial charge >= 0.3 is 12.1 Å². The van der Waals surface area contributed by atoms with Gasteiger partial charge in [0.15, 0.2) is 11.6 Å². The molecule has 1 aromatic heterocycles. The summed E-state index contributed by atoms with van der Waals surface area (Å²) in [5, 5.41) is 21.2. The molecule has 3 aliphatic heterocycles. The molecular weight excluding hydrogens is 1410 g/mol. The molecule has 109 heavy (non-hydrogen) atoms. The number of amides is 10. The Morgan fingerprint density at radius 1 is 0.780 bits per heavy atom. The molecule has 0 bridgehead atoms. The number of primary amides is 1. The number of unbranched alkanes of at least 4 members (excludes halogenated alkanes) is 2. The first-order valence-electron chi connectivity index (χ1n) is 39.9. The highest BCUT2D eigenvalue weighted by Crippen LogP contribution is 2.35. The molecule has 3 fully saturated rings. The standard InChI is InChI=1S/C58H95N9O12.C23H30N2O3S.CH4/c1-14-39(9)52(46(15-2)78-13)64(11)55(74)43(36(3)4)35-45(69)51(38(7)8)65(12)58(77)79-53(56(75)66-32-30-63(10)31-33-66)40-22-24-42(25-23-40)61-54(73)41(20-19-28-60-57(59)76)34-44(68)50(37(5)6)62-47(70)21-17-16-18-29-67-48(71)26-27-49(67)72;1-16(20(15-26)21-9-6-11-25(21)17(2)27)22(28)14-19(23-24-10-12-29-23)13-18-7-4-3-5-8-18;/h22-25,36-39,41,43,46,50-53H,14-21,26-35H2,1-13H3,(H,61,73)(H,62,70)(H3,59,60,76);3-5,7-8,10,12,16,19-21,26H,6,9,11,13-15H2,1-2H3;1H4/t39-,41+,43-,46+,50-,51-,52-,53?;16-,19-,20-,21+;/m01./s1/i;;1T. The number of carbonyl (C=O) groups is 12. The van der Waals surface area contributed by atoms with E-state index >= 15 is 0 Å². The number of likely N-dealkylation sites (tertiary alicyclic amines) is 2. The van der Waals surface area contributed by atoms with E-state index in [1.165, 1.54) is 29.8 Å². The van der Waals surface area contributed by atoms with Gasteiger partial charge in [0.05, 0.1) is 29.2 Å². The number of aliphatic hydroxyl groups excluding tert-OH is 1. The van der Waals surface area contributed by atoms with Crippen LogP contribution in [0.25, 0.3) is 0 Å². The minimum absolute atomic E-state index is 0.0235. The number of piperazine rings is 1. The number of hydrogen-bond acceptors (Lipinski definition) is 18. The predicted molar refractivity (Wildman–Crippen MR) is 422 cm³/mol. The summed E-state index contributed by atoms with van der Waals surface area (Å²) in [5.41, 5.74) is 7.08. The van der Waals surface area contributed by atoms with E-state index in [-0.39, 0.29) is 152 Å². The number of thiazole rings is 1. The van der Waals surface area contributed by atoms with E-state index in [1.807, 2.05) is 77.1 Å². The lowest BCUT2D eigenvalue weighted by atomic mass is 9.80. The molecule has 12 atom stereocenters. The van der Waals surface area contributed by atoms with Crippen LogP contribution in [0.15, 0.2) is 66.2 Å². The van der Waals surface area contributed by atoms with Crippen molar-refractivity contribution < 1.29 is 73.5 Å². The molecule has 0 aliphatic carbocycles. The van der Waals surface area contributed by atoms with Crippen LogP contribution in [0, 0.1) is 47.3 Å². The van der Waals surface area contributed by atoms with Crippen molar-refractivity contribution in [3.63, 3.8) is 0 Å². The number of methoxy groups -OCH3 is 1. The van der Waals surface area contributed by atoms with Crippen molar-refractivity contribution in [2.75, 3.05) is 86.0 Å². The van der Waals surface area contributed by atoms with Gasteiger partial charge in [0.2, 0.25) is 41.5 Å². The van der Waals surface area contributed by atoms with Gasteiger partial charge in [-0.25, -0.2) is 14.6 Å². The zero-order valence-electron chi connectivity index (χ0n) is 68.8. The third-order valence-corrected chi connectivity index (χ3v) is 22.7. The van der Waals surface area contributed by atoms with Gasteiger partial charge in [0.25, 0.3) is 5.91 Å². The number of rotatable bonds is 42. The molecule has 2 aromatic carbocycles. The number of anilines is 1. The first kappa shape index (κ1) is 91.6. The Labute approximate surface area is 653 Å². The molecule has 4 heterocycles. The molecule has 6 rings (SSSR count). The molecule has 10 amide bonds. The van der Waals surface area contributed by atoms with Crippen LogP contribution in [0.2, 0.25) is 0 Å². The highest BCUT2D eigenvalue weighted by atomic mass is 32.1. The fourth-order valence-electron chi connectivity index (χ4n) is 15.1. The van der Waals surface area contributed by atoms with Gasteiger partial charge in [-0.3, -0.25) is 52.8 Å². The fraction of sp³-hybridized carbons (Fsp3) is 0.671. The van der Waals surface area contributed by atoms with Crippen LogP contribution in [0.4, 0.5) is 15.3 Å². The summed E-state index contributed by atoms with van der Waals surface area (Å²) in [7, 11) is 8.07. The summed E-state index contributed by atoms with van der Waals surface area (Å²) in [4.78, 5) is 173.